The van der Waals surface area contributed by atoms with Crippen molar-refractivity contribution in [1.82, 2.24) is 4.90 Å². The number of ether oxygens (including phenoxy) is 1. The first-order valence-electron chi connectivity index (χ1n) is 8.57. The molecule has 0 bridgehead atoms. The van der Waals surface area contributed by atoms with Crippen LogP contribution in [-0.2, 0) is 20.9 Å². The molecule has 0 saturated carbocycles. The van der Waals surface area contributed by atoms with Crippen LogP contribution in [0.2, 0.25) is 0 Å². The predicted molar refractivity (Wildman–Crippen MR) is 91.9 cm³/mol. The number of hydrogen-bond acceptors (Lipinski definition) is 5. The third kappa shape index (κ3) is 5.62. The number of primary amides is 1. The van der Waals surface area contributed by atoms with Crippen molar-refractivity contribution in [1.29, 1.82) is 0 Å². The molecule has 24 heavy (non-hydrogen) atoms. The van der Waals surface area contributed by atoms with E-state index in [0.717, 1.165) is 44.3 Å². The third-order valence-corrected chi connectivity index (χ3v) is 4.43. The van der Waals surface area contributed by atoms with E-state index in [-0.39, 0.29) is 24.5 Å². The molecule has 6 nitrogen and oxygen atoms in total. The summed E-state index contributed by atoms with van der Waals surface area (Å²) in [6.07, 6.45) is 4.21. The molecule has 0 spiro atoms. The van der Waals surface area contributed by atoms with Gasteiger partial charge in [0, 0.05) is 0 Å². The van der Waals surface area contributed by atoms with Gasteiger partial charge in [-0.05, 0) is 44.3 Å². The number of carbonyl (C=O) groups is 2. The van der Waals surface area contributed by atoms with Gasteiger partial charge >= 0.3 is 5.97 Å². The lowest BCUT2D eigenvalue weighted by Crippen LogP contribution is -2.48. The maximum atomic E-state index is 11.9. The molecule has 0 aromatic heterocycles. The quantitative estimate of drug-likeness (QED) is 0.696. The minimum Gasteiger partial charge on any atom is -0.460 e. The van der Waals surface area contributed by atoms with E-state index in [2.05, 4.69) is 4.90 Å². The first-order chi connectivity index (χ1) is 11.6. The van der Waals surface area contributed by atoms with E-state index in [1.54, 1.807) is 0 Å². The fraction of sp³-hybridized carbons (Fsp3) is 0.556. The van der Waals surface area contributed by atoms with Crippen LogP contribution in [0.1, 0.15) is 37.7 Å². The highest BCUT2D eigenvalue weighted by Gasteiger charge is 2.26. The van der Waals surface area contributed by atoms with Crippen molar-refractivity contribution < 1.29 is 14.3 Å². The topological polar surface area (TPSA) is 98.7 Å². The number of benzene rings is 1. The molecule has 132 valence electrons. The van der Waals surface area contributed by atoms with Crippen LogP contribution in [0.15, 0.2) is 30.3 Å². The molecule has 6 heteroatoms. The molecule has 1 aliphatic heterocycles. The lowest BCUT2D eigenvalue weighted by molar-refractivity contribution is -0.146. The molecular formula is C18H27N3O3. The van der Waals surface area contributed by atoms with E-state index >= 15 is 0 Å². The highest BCUT2D eigenvalue weighted by Crippen LogP contribution is 2.17. The normalized spacial score (nSPS) is 19.6. The van der Waals surface area contributed by atoms with Crippen molar-refractivity contribution in [2.45, 2.75) is 50.8 Å². The summed E-state index contributed by atoms with van der Waals surface area (Å²) < 4.78 is 5.24. The van der Waals surface area contributed by atoms with Crippen LogP contribution >= 0.6 is 0 Å². The van der Waals surface area contributed by atoms with Crippen LogP contribution in [0.4, 0.5) is 0 Å². The van der Waals surface area contributed by atoms with E-state index in [4.69, 9.17) is 16.2 Å². The fourth-order valence-electron chi connectivity index (χ4n) is 3.05. The van der Waals surface area contributed by atoms with Crippen molar-refractivity contribution in [3.05, 3.63) is 35.9 Å². The molecule has 2 unspecified atom stereocenters. The van der Waals surface area contributed by atoms with Crippen molar-refractivity contribution in [2.75, 3.05) is 13.1 Å². The molecule has 4 N–H and O–H groups in total. The molecule has 0 aliphatic carbocycles. The Morgan fingerprint density at radius 2 is 2.00 bits per heavy atom. The monoisotopic (exact) mass is 333 g/mol. The molecule has 2 atom stereocenters. The van der Waals surface area contributed by atoms with Crippen LogP contribution < -0.4 is 11.5 Å². The number of likely N-dealkylation sites (tertiary alicyclic amines) is 1. The molecule has 2 rings (SSSR count). The van der Waals surface area contributed by atoms with Crippen molar-refractivity contribution in [3.63, 3.8) is 0 Å². The Morgan fingerprint density at radius 3 is 2.71 bits per heavy atom. The van der Waals surface area contributed by atoms with E-state index in [0.29, 0.717) is 6.42 Å². The van der Waals surface area contributed by atoms with Gasteiger partial charge in [-0.25, -0.2) is 0 Å². The minimum absolute atomic E-state index is 0.181. The standard InChI is InChI=1S/C18H27N3O3/c19-15(18(23)24-13-14-7-2-1-3-8-14)9-6-12-21-11-5-4-10-16(21)17(20)22/h1-3,7-8,15-16H,4-6,9-13,19H2,(H2,20,22). The van der Waals surface area contributed by atoms with Crippen LogP contribution in [0, 0.1) is 0 Å². The second-order valence-electron chi connectivity index (χ2n) is 6.29. The number of hydrogen-bond donors (Lipinski definition) is 2. The Hall–Kier alpha value is -1.92. The number of piperidine rings is 1. The average Bonchev–Trinajstić information content (AvgIpc) is 2.60. The largest absolute Gasteiger partial charge is 0.460 e. The maximum absolute atomic E-state index is 11.9. The molecule has 1 aliphatic rings. The van der Waals surface area contributed by atoms with Gasteiger partial charge in [0.15, 0.2) is 0 Å². The molecule has 1 amide bonds. The zero-order valence-corrected chi connectivity index (χ0v) is 14.0. The highest BCUT2D eigenvalue weighted by atomic mass is 16.5. The van der Waals surface area contributed by atoms with Gasteiger partial charge in [0.25, 0.3) is 0 Å². The van der Waals surface area contributed by atoms with Gasteiger partial charge in [-0.2, -0.15) is 0 Å². The van der Waals surface area contributed by atoms with Gasteiger partial charge in [0.1, 0.15) is 12.6 Å². The summed E-state index contributed by atoms with van der Waals surface area (Å²) in [4.78, 5) is 25.5. The van der Waals surface area contributed by atoms with Crippen molar-refractivity contribution in [3.8, 4) is 0 Å². The van der Waals surface area contributed by atoms with Crippen LogP contribution in [-0.4, -0.2) is 41.9 Å². The lowest BCUT2D eigenvalue weighted by atomic mass is 10.0. The number of nitrogens with zero attached hydrogens (tertiary/aromatic N) is 1. The molecular weight excluding hydrogens is 306 g/mol. The summed E-state index contributed by atoms with van der Waals surface area (Å²) in [6, 6.07) is 8.70. The summed E-state index contributed by atoms with van der Waals surface area (Å²) in [5, 5.41) is 0. The molecule has 0 radical (unpaired) electrons. The number of nitrogens with two attached hydrogens (primary N) is 2. The van der Waals surface area contributed by atoms with Crippen LogP contribution in [0.25, 0.3) is 0 Å². The van der Waals surface area contributed by atoms with E-state index in [1.165, 1.54) is 0 Å². The number of esters is 1. The SMILES string of the molecule is NC(=O)C1CCCCN1CCCC(N)C(=O)OCc1ccccc1. The summed E-state index contributed by atoms with van der Waals surface area (Å²) >= 11 is 0. The molecule has 1 heterocycles. The van der Waals surface area contributed by atoms with Crippen molar-refractivity contribution >= 4 is 11.9 Å². The van der Waals surface area contributed by atoms with Gasteiger partial charge in [0.2, 0.25) is 5.91 Å². The Bertz CT molecular complexity index is 536. The first-order valence-corrected chi connectivity index (χ1v) is 8.57. The maximum Gasteiger partial charge on any atom is 0.323 e. The van der Waals surface area contributed by atoms with Crippen LogP contribution in [0.5, 0.6) is 0 Å². The van der Waals surface area contributed by atoms with E-state index < -0.39 is 6.04 Å². The van der Waals surface area contributed by atoms with Crippen molar-refractivity contribution in [2.24, 2.45) is 11.5 Å². The third-order valence-electron chi connectivity index (χ3n) is 4.43. The zero-order chi connectivity index (χ0) is 17.4. The molecule has 1 aromatic carbocycles. The molecule has 1 saturated heterocycles. The zero-order valence-electron chi connectivity index (χ0n) is 14.0. The summed E-state index contributed by atoms with van der Waals surface area (Å²) in [7, 11) is 0. The Kier molecular flexibility index (Phi) is 7.21. The smallest absolute Gasteiger partial charge is 0.323 e. The Labute approximate surface area is 143 Å². The average molecular weight is 333 g/mol. The lowest BCUT2D eigenvalue weighted by Gasteiger charge is -2.33. The summed E-state index contributed by atoms with van der Waals surface area (Å²) in [6.45, 7) is 1.85. The predicted octanol–water partition coefficient (Wildman–Crippen LogP) is 1.18. The minimum atomic E-state index is -0.634. The summed E-state index contributed by atoms with van der Waals surface area (Å²) in [5.41, 5.74) is 12.3. The van der Waals surface area contributed by atoms with E-state index in [1.807, 2.05) is 30.3 Å². The summed E-state index contributed by atoms with van der Waals surface area (Å²) in [5.74, 6) is -0.648. The molecule has 1 aromatic rings. The highest BCUT2D eigenvalue weighted by molar-refractivity contribution is 5.79. The van der Waals surface area contributed by atoms with Gasteiger partial charge in [0.05, 0.1) is 6.04 Å². The Morgan fingerprint density at radius 1 is 1.25 bits per heavy atom. The van der Waals surface area contributed by atoms with Gasteiger partial charge < -0.3 is 16.2 Å². The number of carbonyl (C=O) groups excluding carboxylic acids is 2. The van der Waals surface area contributed by atoms with Gasteiger partial charge in [-0.15, -0.1) is 0 Å². The van der Waals surface area contributed by atoms with E-state index in [9.17, 15) is 9.59 Å². The fourth-order valence-corrected chi connectivity index (χ4v) is 3.05. The molecule has 1 fully saturated rings. The van der Waals surface area contributed by atoms with Gasteiger partial charge in [-0.3, -0.25) is 14.5 Å². The Balaban J connectivity index is 1.69. The second-order valence-corrected chi connectivity index (χ2v) is 6.29. The van der Waals surface area contributed by atoms with Gasteiger partial charge in [-0.1, -0.05) is 36.8 Å². The second kappa shape index (κ2) is 9.39. The van der Waals surface area contributed by atoms with Crippen LogP contribution in [0.3, 0.4) is 0 Å². The first kappa shape index (κ1) is 18.4. The number of amides is 1. The number of rotatable bonds is 8.